The van der Waals surface area contributed by atoms with Crippen LogP contribution in [0.2, 0.25) is 0 Å². The molecule has 2 aliphatic rings. The van der Waals surface area contributed by atoms with Crippen LogP contribution in [0.25, 0.3) is 11.1 Å². The summed E-state index contributed by atoms with van der Waals surface area (Å²) in [5, 5.41) is 13.1. The quantitative estimate of drug-likeness (QED) is 0.447. The van der Waals surface area contributed by atoms with Gasteiger partial charge in [0.1, 0.15) is 11.0 Å². The molecule has 0 radical (unpaired) electrons. The predicted molar refractivity (Wildman–Crippen MR) is 138 cm³/mol. The van der Waals surface area contributed by atoms with Gasteiger partial charge >= 0.3 is 0 Å². The molecule has 0 aromatic heterocycles. The Morgan fingerprint density at radius 1 is 0.886 bits per heavy atom. The van der Waals surface area contributed by atoms with Gasteiger partial charge in [-0.15, -0.1) is 0 Å². The molecule has 0 heterocycles. The highest BCUT2D eigenvalue weighted by atomic mass is 32.2. The molecule has 0 aliphatic heterocycles. The van der Waals surface area contributed by atoms with Crippen LogP contribution >= 0.6 is 0 Å². The van der Waals surface area contributed by atoms with Crippen LogP contribution in [0, 0.1) is 11.3 Å². The van der Waals surface area contributed by atoms with Crippen LogP contribution in [-0.4, -0.2) is 26.5 Å². The van der Waals surface area contributed by atoms with Crippen LogP contribution in [0.1, 0.15) is 49.1 Å². The summed E-state index contributed by atoms with van der Waals surface area (Å²) in [5.74, 6) is 0.554. The molecule has 0 saturated heterocycles. The molecule has 35 heavy (non-hydrogen) atoms. The first kappa shape index (κ1) is 23.6. The van der Waals surface area contributed by atoms with Crippen molar-refractivity contribution in [3.05, 3.63) is 83.9 Å². The van der Waals surface area contributed by atoms with E-state index in [1.807, 2.05) is 24.3 Å². The summed E-state index contributed by atoms with van der Waals surface area (Å²) in [5.41, 5.74) is 9.89. The molecule has 4 N–H and O–H groups in total. The number of nitrogens with two attached hydrogens (primary N) is 1. The topological polar surface area (TPSA) is 108 Å². The van der Waals surface area contributed by atoms with Gasteiger partial charge in [0.2, 0.25) is 0 Å². The van der Waals surface area contributed by atoms with Gasteiger partial charge < -0.3 is 11.1 Å². The molecule has 2 saturated carbocycles. The Hall–Kier alpha value is -3.18. The molecule has 2 fully saturated rings. The largest absolute Gasteiger partial charge is 0.328 e. The summed E-state index contributed by atoms with van der Waals surface area (Å²) >= 11 is 0. The van der Waals surface area contributed by atoms with Crippen LogP contribution in [0.3, 0.4) is 0 Å². The summed E-state index contributed by atoms with van der Waals surface area (Å²) in [6.07, 6.45) is 5.74. The number of sulfonamides is 1. The Morgan fingerprint density at radius 2 is 1.63 bits per heavy atom. The molecule has 0 spiro atoms. The number of nitrogens with one attached hydrogen (secondary N) is 2. The number of benzene rings is 3. The van der Waals surface area contributed by atoms with Gasteiger partial charge in [-0.1, -0.05) is 48.5 Å². The van der Waals surface area contributed by atoms with E-state index in [4.69, 9.17) is 5.73 Å². The average molecular weight is 487 g/mol. The molecule has 2 unspecified atom stereocenters. The van der Waals surface area contributed by atoms with Crippen LogP contribution in [-0.2, 0) is 10.0 Å². The Labute approximate surface area is 207 Å². The van der Waals surface area contributed by atoms with Gasteiger partial charge in [0.05, 0.1) is 5.56 Å². The number of nitriles is 1. The molecular weight excluding hydrogens is 456 g/mol. The van der Waals surface area contributed by atoms with Gasteiger partial charge in [0.15, 0.2) is 0 Å². The van der Waals surface area contributed by atoms with Crippen LogP contribution in [0.15, 0.2) is 77.7 Å². The Kier molecular flexibility index (Phi) is 6.61. The molecule has 3 aromatic rings. The van der Waals surface area contributed by atoms with Crippen molar-refractivity contribution in [1.29, 1.82) is 5.26 Å². The maximum Gasteiger partial charge on any atom is 0.263 e. The molecule has 7 heteroatoms. The summed E-state index contributed by atoms with van der Waals surface area (Å²) < 4.78 is 28.4. The molecule has 180 valence electrons. The second kappa shape index (κ2) is 9.82. The lowest BCUT2D eigenvalue weighted by Gasteiger charge is -2.27. The van der Waals surface area contributed by atoms with Crippen molar-refractivity contribution in [3.8, 4) is 17.2 Å². The monoisotopic (exact) mass is 486 g/mol. The van der Waals surface area contributed by atoms with Crippen molar-refractivity contribution in [2.45, 2.75) is 61.0 Å². The van der Waals surface area contributed by atoms with E-state index in [1.165, 1.54) is 37.0 Å². The Morgan fingerprint density at radius 3 is 2.37 bits per heavy atom. The number of hydrogen-bond acceptors (Lipinski definition) is 5. The third-order valence-electron chi connectivity index (χ3n) is 7.10. The van der Waals surface area contributed by atoms with Crippen molar-refractivity contribution in [1.82, 2.24) is 5.32 Å². The molecule has 0 amide bonds. The van der Waals surface area contributed by atoms with Crippen molar-refractivity contribution < 1.29 is 8.42 Å². The molecule has 2 aliphatic carbocycles. The van der Waals surface area contributed by atoms with Crippen LogP contribution in [0.5, 0.6) is 0 Å². The number of rotatable bonds is 7. The molecule has 2 atom stereocenters. The number of hydrogen-bond donors (Lipinski definition) is 3. The zero-order valence-electron chi connectivity index (χ0n) is 19.5. The summed E-state index contributed by atoms with van der Waals surface area (Å²) in [7, 11) is -3.87. The van der Waals surface area contributed by atoms with Gasteiger partial charge in [-0.2, -0.15) is 5.26 Å². The van der Waals surface area contributed by atoms with Crippen LogP contribution in [0.4, 0.5) is 5.69 Å². The average Bonchev–Trinajstić information content (AvgIpc) is 3.64. The summed E-state index contributed by atoms with van der Waals surface area (Å²) in [6, 6.07) is 25.5. The summed E-state index contributed by atoms with van der Waals surface area (Å²) in [6.45, 7) is 0. The zero-order valence-corrected chi connectivity index (χ0v) is 20.3. The fourth-order valence-electron chi connectivity index (χ4n) is 5.02. The first-order valence-electron chi connectivity index (χ1n) is 12.2. The van der Waals surface area contributed by atoms with E-state index >= 15 is 0 Å². The van der Waals surface area contributed by atoms with Crippen molar-refractivity contribution in [2.75, 3.05) is 4.72 Å². The van der Waals surface area contributed by atoms with E-state index in [0.717, 1.165) is 24.0 Å². The van der Waals surface area contributed by atoms with Gasteiger partial charge in [-0.25, -0.2) is 8.42 Å². The summed E-state index contributed by atoms with van der Waals surface area (Å²) in [4.78, 5) is -0.0269. The Bertz CT molecular complexity index is 1340. The minimum atomic E-state index is -3.87. The second-order valence-corrected chi connectivity index (χ2v) is 11.3. The van der Waals surface area contributed by atoms with Gasteiger partial charge in [-0.05, 0) is 73.1 Å². The highest BCUT2D eigenvalue weighted by Crippen LogP contribution is 2.42. The lowest BCUT2D eigenvalue weighted by Crippen LogP contribution is -2.38. The lowest BCUT2D eigenvalue weighted by atomic mass is 9.92. The predicted octanol–water partition coefficient (Wildman–Crippen LogP) is 4.74. The Balaban J connectivity index is 1.25. The van der Waals surface area contributed by atoms with Gasteiger partial charge in [0, 0.05) is 29.7 Å². The van der Waals surface area contributed by atoms with E-state index in [9.17, 15) is 13.7 Å². The van der Waals surface area contributed by atoms with E-state index in [2.05, 4.69) is 34.3 Å². The smallest absolute Gasteiger partial charge is 0.263 e. The lowest BCUT2D eigenvalue weighted by molar-refractivity contribution is 0.339. The standard InChI is InChI=1S/C28H30N4O2S/c29-18-22-4-1-2-7-28(22)35(33,34)32-25-6-3-5-21(16-25)19-8-10-20(11-9-19)26-17-27(26)31-24-14-12-23(30)13-15-24/h1-11,16,23-24,26-27,31-32H,12-15,17,30H2/t23-,24-,26?,27?. The third-order valence-corrected chi connectivity index (χ3v) is 8.54. The normalized spacial score (nSPS) is 23.9. The van der Waals surface area contributed by atoms with Gasteiger partial charge in [0.25, 0.3) is 10.0 Å². The maximum absolute atomic E-state index is 12.9. The van der Waals surface area contributed by atoms with Gasteiger partial charge in [-0.3, -0.25) is 4.72 Å². The molecule has 5 rings (SSSR count). The SMILES string of the molecule is N#Cc1ccccc1S(=O)(=O)Nc1cccc(-c2ccc(C3CC3N[C@H]3CC[C@H](N)CC3)cc2)c1. The van der Waals surface area contributed by atoms with E-state index < -0.39 is 10.0 Å². The second-order valence-electron chi connectivity index (χ2n) is 9.64. The first-order valence-corrected chi connectivity index (χ1v) is 13.7. The van der Waals surface area contributed by atoms with Crippen LogP contribution < -0.4 is 15.8 Å². The minimum Gasteiger partial charge on any atom is -0.328 e. The van der Waals surface area contributed by atoms with Crippen molar-refractivity contribution >= 4 is 15.7 Å². The highest BCUT2D eigenvalue weighted by molar-refractivity contribution is 7.92. The van der Waals surface area contributed by atoms with E-state index in [0.29, 0.717) is 29.7 Å². The molecule has 6 nitrogen and oxygen atoms in total. The molecule has 3 aromatic carbocycles. The van der Waals surface area contributed by atoms with E-state index in [1.54, 1.807) is 18.2 Å². The number of nitrogens with zero attached hydrogens (tertiary/aromatic N) is 1. The zero-order chi connectivity index (χ0) is 24.4. The maximum atomic E-state index is 12.9. The fourth-order valence-corrected chi connectivity index (χ4v) is 6.23. The molecule has 0 bridgehead atoms. The highest BCUT2D eigenvalue weighted by Gasteiger charge is 2.39. The number of anilines is 1. The third kappa shape index (κ3) is 5.40. The van der Waals surface area contributed by atoms with Crippen molar-refractivity contribution in [2.24, 2.45) is 5.73 Å². The van der Waals surface area contributed by atoms with E-state index in [-0.39, 0.29) is 10.5 Å². The molecular formula is C28H30N4O2S. The fraction of sp³-hybridized carbons (Fsp3) is 0.321. The first-order chi connectivity index (χ1) is 16.9. The van der Waals surface area contributed by atoms with Crippen molar-refractivity contribution in [3.63, 3.8) is 0 Å². The minimum absolute atomic E-state index is 0.0269.